The SMILES string of the molecule is C=C(F)C(=O)NCC(OCC)c1ccccc1. The number of amides is 1. The average molecular weight is 237 g/mol. The topological polar surface area (TPSA) is 38.3 Å². The summed E-state index contributed by atoms with van der Waals surface area (Å²) in [5, 5.41) is 2.43. The molecule has 0 radical (unpaired) electrons. The number of rotatable bonds is 6. The van der Waals surface area contributed by atoms with Crippen LogP contribution in [-0.2, 0) is 9.53 Å². The molecule has 1 atom stereocenters. The second-order valence-electron chi connectivity index (χ2n) is 3.47. The van der Waals surface area contributed by atoms with Gasteiger partial charge < -0.3 is 10.1 Å². The van der Waals surface area contributed by atoms with Gasteiger partial charge in [0.05, 0.1) is 6.10 Å². The highest BCUT2D eigenvalue weighted by molar-refractivity contribution is 5.90. The molecule has 0 aliphatic heterocycles. The van der Waals surface area contributed by atoms with Crippen LogP contribution < -0.4 is 5.32 Å². The summed E-state index contributed by atoms with van der Waals surface area (Å²) in [6.45, 7) is 5.54. The highest BCUT2D eigenvalue weighted by atomic mass is 19.1. The van der Waals surface area contributed by atoms with Crippen molar-refractivity contribution in [2.24, 2.45) is 0 Å². The Bertz CT molecular complexity index is 378. The molecular weight excluding hydrogens is 221 g/mol. The minimum Gasteiger partial charge on any atom is -0.372 e. The second-order valence-corrected chi connectivity index (χ2v) is 3.47. The van der Waals surface area contributed by atoms with Gasteiger partial charge in [-0.1, -0.05) is 36.9 Å². The third kappa shape index (κ3) is 4.36. The Kier molecular flexibility index (Phi) is 5.36. The summed E-state index contributed by atoms with van der Waals surface area (Å²) in [7, 11) is 0. The lowest BCUT2D eigenvalue weighted by Crippen LogP contribution is -2.29. The van der Waals surface area contributed by atoms with Gasteiger partial charge in [-0.3, -0.25) is 4.79 Å². The number of nitrogens with one attached hydrogen (secondary N) is 1. The van der Waals surface area contributed by atoms with Crippen LogP contribution in [-0.4, -0.2) is 19.1 Å². The van der Waals surface area contributed by atoms with Crippen LogP contribution in [0.25, 0.3) is 0 Å². The zero-order chi connectivity index (χ0) is 12.7. The van der Waals surface area contributed by atoms with E-state index in [1.54, 1.807) is 0 Å². The third-order valence-corrected chi connectivity index (χ3v) is 2.23. The quantitative estimate of drug-likeness (QED) is 0.771. The normalized spacial score (nSPS) is 11.9. The molecule has 92 valence electrons. The minimum atomic E-state index is -0.992. The van der Waals surface area contributed by atoms with Crippen LogP contribution in [0.15, 0.2) is 42.7 Å². The molecule has 3 nitrogen and oxygen atoms in total. The predicted octanol–water partition coefficient (Wildman–Crippen LogP) is 2.36. The molecule has 0 aliphatic carbocycles. The zero-order valence-electron chi connectivity index (χ0n) is 9.78. The van der Waals surface area contributed by atoms with E-state index in [1.807, 2.05) is 37.3 Å². The van der Waals surface area contributed by atoms with Gasteiger partial charge in [0.15, 0.2) is 5.83 Å². The Morgan fingerprint density at radius 2 is 2.12 bits per heavy atom. The molecule has 0 saturated heterocycles. The van der Waals surface area contributed by atoms with Crippen LogP contribution >= 0.6 is 0 Å². The molecule has 0 fully saturated rings. The lowest BCUT2D eigenvalue weighted by molar-refractivity contribution is -0.119. The first kappa shape index (κ1) is 13.4. The first-order valence-corrected chi connectivity index (χ1v) is 5.44. The van der Waals surface area contributed by atoms with Crippen LogP contribution in [0.3, 0.4) is 0 Å². The second kappa shape index (κ2) is 6.81. The molecule has 1 aromatic rings. The van der Waals surface area contributed by atoms with Crippen molar-refractivity contribution in [1.82, 2.24) is 5.32 Å². The van der Waals surface area contributed by atoms with Crippen molar-refractivity contribution < 1.29 is 13.9 Å². The fraction of sp³-hybridized carbons (Fsp3) is 0.308. The van der Waals surface area contributed by atoms with Gasteiger partial charge in [-0.15, -0.1) is 0 Å². The van der Waals surface area contributed by atoms with Gasteiger partial charge >= 0.3 is 0 Å². The molecule has 0 saturated carbocycles. The number of ether oxygens (including phenoxy) is 1. The highest BCUT2D eigenvalue weighted by Gasteiger charge is 2.13. The standard InChI is InChI=1S/C13H16FNO2/c1-3-17-12(9-15-13(16)10(2)14)11-7-5-4-6-8-11/h4-8,12H,2-3,9H2,1H3,(H,15,16). The van der Waals surface area contributed by atoms with Crippen LogP contribution in [0.4, 0.5) is 4.39 Å². The van der Waals surface area contributed by atoms with Gasteiger partial charge in [-0.25, -0.2) is 4.39 Å². The van der Waals surface area contributed by atoms with Crippen LogP contribution in [0.1, 0.15) is 18.6 Å². The summed E-state index contributed by atoms with van der Waals surface area (Å²) in [5.41, 5.74) is 0.944. The lowest BCUT2D eigenvalue weighted by Gasteiger charge is -2.17. The van der Waals surface area contributed by atoms with Gasteiger partial charge in [-0.05, 0) is 12.5 Å². The Balaban J connectivity index is 2.61. The van der Waals surface area contributed by atoms with E-state index < -0.39 is 11.7 Å². The van der Waals surface area contributed by atoms with Crippen molar-refractivity contribution in [3.63, 3.8) is 0 Å². The molecule has 1 N–H and O–H groups in total. The molecular formula is C13H16FNO2. The van der Waals surface area contributed by atoms with E-state index in [-0.39, 0.29) is 12.6 Å². The van der Waals surface area contributed by atoms with E-state index in [9.17, 15) is 9.18 Å². The van der Waals surface area contributed by atoms with Gasteiger partial charge in [0, 0.05) is 13.2 Å². The largest absolute Gasteiger partial charge is 0.372 e. The van der Waals surface area contributed by atoms with Crippen molar-refractivity contribution in [1.29, 1.82) is 0 Å². The van der Waals surface area contributed by atoms with Gasteiger partial charge in [0.1, 0.15) is 0 Å². The first-order chi connectivity index (χ1) is 8.15. The summed E-state index contributed by atoms with van der Waals surface area (Å²) >= 11 is 0. The number of carbonyl (C=O) groups is 1. The first-order valence-electron chi connectivity index (χ1n) is 5.44. The molecule has 0 spiro atoms. The van der Waals surface area contributed by atoms with Crippen LogP contribution in [0.5, 0.6) is 0 Å². The number of hydrogen-bond acceptors (Lipinski definition) is 2. The Labute approximate surface area is 100 Å². The Hall–Kier alpha value is -1.68. The zero-order valence-corrected chi connectivity index (χ0v) is 9.78. The molecule has 1 rings (SSSR count). The molecule has 4 heteroatoms. The van der Waals surface area contributed by atoms with E-state index in [1.165, 1.54) is 0 Å². The number of hydrogen-bond donors (Lipinski definition) is 1. The fourth-order valence-corrected chi connectivity index (χ4v) is 1.42. The molecule has 0 bridgehead atoms. The maximum atomic E-state index is 12.5. The maximum absolute atomic E-state index is 12.5. The van der Waals surface area contributed by atoms with E-state index in [0.717, 1.165) is 5.56 Å². The molecule has 0 aromatic heterocycles. The summed E-state index contributed by atoms with van der Waals surface area (Å²) < 4.78 is 18.0. The lowest BCUT2D eigenvalue weighted by atomic mass is 10.1. The third-order valence-electron chi connectivity index (χ3n) is 2.23. The van der Waals surface area contributed by atoms with Gasteiger partial charge in [0.25, 0.3) is 5.91 Å². The van der Waals surface area contributed by atoms with Crippen LogP contribution in [0.2, 0.25) is 0 Å². The number of benzene rings is 1. The Morgan fingerprint density at radius 1 is 1.47 bits per heavy atom. The average Bonchev–Trinajstić information content (AvgIpc) is 2.35. The Morgan fingerprint density at radius 3 is 2.65 bits per heavy atom. The molecule has 0 aliphatic rings. The van der Waals surface area contributed by atoms with Gasteiger partial charge in [0.2, 0.25) is 0 Å². The fourth-order valence-electron chi connectivity index (χ4n) is 1.42. The number of carbonyl (C=O) groups excluding carboxylic acids is 1. The van der Waals surface area contributed by atoms with E-state index in [2.05, 4.69) is 11.9 Å². The summed E-state index contributed by atoms with van der Waals surface area (Å²) in [6, 6.07) is 9.47. The molecule has 0 heterocycles. The van der Waals surface area contributed by atoms with Crippen molar-refractivity contribution in [2.75, 3.05) is 13.2 Å². The van der Waals surface area contributed by atoms with E-state index in [4.69, 9.17) is 4.74 Å². The smallest absolute Gasteiger partial charge is 0.279 e. The van der Waals surface area contributed by atoms with Crippen molar-refractivity contribution in [3.8, 4) is 0 Å². The summed E-state index contributed by atoms with van der Waals surface area (Å²) in [6.07, 6.45) is -0.274. The summed E-state index contributed by atoms with van der Waals surface area (Å²) in [5.74, 6) is -1.79. The maximum Gasteiger partial charge on any atom is 0.279 e. The highest BCUT2D eigenvalue weighted by Crippen LogP contribution is 2.16. The molecule has 1 unspecified atom stereocenters. The van der Waals surface area contributed by atoms with Crippen molar-refractivity contribution in [3.05, 3.63) is 48.3 Å². The van der Waals surface area contributed by atoms with E-state index in [0.29, 0.717) is 6.61 Å². The van der Waals surface area contributed by atoms with Crippen molar-refractivity contribution in [2.45, 2.75) is 13.0 Å². The molecule has 17 heavy (non-hydrogen) atoms. The predicted molar refractivity (Wildman–Crippen MR) is 64.1 cm³/mol. The monoisotopic (exact) mass is 237 g/mol. The van der Waals surface area contributed by atoms with Gasteiger partial charge in [-0.2, -0.15) is 0 Å². The minimum absolute atomic E-state index is 0.222. The van der Waals surface area contributed by atoms with Crippen LogP contribution in [0, 0.1) is 0 Å². The number of halogens is 1. The van der Waals surface area contributed by atoms with E-state index >= 15 is 0 Å². The van der Waals surface area contributed by atoms with Crippen molar-refractivity contribution >= 4 is 5.91 Å². The summed E-state index contributed by atoms with van der Waals surface area (Å²) in [4.78, 5) is 11.0. The molecule has 1 aromatic carbocycles. The molecule has 1 amide bonds.